The van der Waals surface area contributed by atoms with Crippen molar-refractivity contribution in [2.75, 3.05) is 18.5 Å². The predicted molar refractivity (Wildman–Crippen MR) is 145 cm³/mol. The Kier molecular flexibility index (Phi) is 7.22. The highest BCUT2D eigenvalue weighted by atomic mass is 16.5. The fourth-order valence-corrected chi connectivity index (χ4v) is 4.29. The van der Waals surface area contributed by atoms with Crippen molar-refractivity contribution in [3.8, 4) is 16.9 Å². The van der Waals surface area contributed by atoms with Gasteiger partial charge in [-0.2, -0.15) is 0 Å². The van der Waals surface area contributed by atoms with E-state index < -0.39 is 0 Å². The van der Waals surface area contributed by atoms with E-state index in [9.17, 15) is 0 Å². The summed E-state index contributed by atoms with van der Waals surface area (Å²) in [6.07, 6.45) is 6.36. The van der Waals surface area contributed by atoms with E-state index in [4.69, 9.17) is 4.74 Å². The second-order valence-corrected chi connectivity index (χ2v) is 8.76. The van der Waals surface area contributed by atoms with Crippen molar-refractivity contribution in [2.45, 2.75) is 34.2 Å². The summed E-state index contributed by atoms with van der Waals surface area (Å²) < 4.78 is 6.16. The van der Waals surface area contributed by atoms with Gasteiger partial charge in [0.1, 0.15) is 12.4 Å². The summed E-state index contributed by atoms with van der Waals surface area (Å²) in [6.45, 7) is 14.8. The molecule has 0 saturated carbocycles. The third-order valence-corrected chi connectivity index (χ3v) is 6.33. The second kappa shape index (κ2) is 10.5. The van der Waals surface area contributed by atoms with Crippen LogP contribution in [0.3, 0.4) is 0 Å². The van der Waals surface area contributed by atoms with Gasteiger partial charge >= 0.3 is 0 Å². The van der Waals surface area contributed by atoms with Gasteiger partial charge in [0.25, 0.3) is 0 Å². The summed E-state index contributed by atoms with van der Waals surface area (Å²) >= 11 is 0. The smallest absolute Gasteiger partial charge is 0.124 e. The van der Waals surface area contributed by atoms with E-state index in [1.54, 1.807) is 0 Å². The summed E-state index contributed by atoms with van der Waals surface area (Å²) in [5.41, 5.74) is 8.26. The molecular weight excluding hydrogens is 416 g/mol. The molecule has 3 heteroatoms. The SMILES string of the molecule is C=c1cccc/c1=C(/C=C\C)N1CCOc2ccc(-c3ccc(C)c(N/C(C)=C\C)c3)cc2C1. The summed E-state index contributed by atoms with van der Waals surface area (Å²) in [4.78, 5) is 2.40. The molecule has 1 heterocycles. The van der Waals surface area contributed by atoms with Crippen molar-refractivity contribution in [1.82, 2.24) is 4.90 Å². The lowest BCUT2D eigenvalue weighted by molar-refractivity contribution is 0.283. The number of fused-ring (bicyclic) bond motifs is 1. The lowest BCUT2D eigenvalue weighted by Crippen LogP contribution is -2.34. The molecule has 3 aromatic carbocycles. The van der Waals surface area contributed by atoms with E-state index in [0.717, 1.165) is 40.7 Å². The van der Waals surface area contributed by atoms with E-state index in [0.29, 0.717) is 6.61 Å². The van der Waals surface area contributed by atoms with Crippen LogP contribution in [0.4, 0.5) is 5.69 Å². The van der Waals surface area contributed by atoms with E-state index in [1.165, 1.54) is 28.0 Å². The number of anilines is 1. The lowest BCUT2D eigenvalue weighted by Gasteiger charge is -2.24. The van der Waals surface area contributed by atoms with Gasteiger partial charge in [0.2, 0.25) is 0 Å². The summed E-state index contributed by atoms with van der Waals surface area (Å²) in [5, 5.41) is 5.71. The number of rotatable bonds is 5. The lowest BCUT2D eigenvalue weighted by atomic mass is 9.99. The Balaban J connectivity index is 1.73. The molecule has 0 aliphatic carbocycles. The first-order valence-corrected chi connectivity index (χ1v) is 11.9. The van der Waals surface area contributed by atoms with E-state index in [1.807, 2.05) is 13.0 Å². The van der Waals surface area contributed by atoms with E-state index >= 15 is 0 Å². The first kappa shape index (κ1) is 23.4. The van der Waals surface area contributed by atoms with Gasteiger partial charge in [0.05, 0.1) is 6.54 Å². The molecule has 0 spiro atoms. The van der Waals surface area contributed by atoms with Crippen LogP contribution in [0.25, 0.3) is 23.4 Å². The van der Waals surface area contributed by atoms with Crippen LogP contribution in [-0.4, -0.2) is 18.1 Å². The number of nitrogens with zero attached hydrogens (tertiary/aromatic N) is 1. The van der Waals surface area contributed by atoms with Crippen LogP contribution in [0.1, 0.15) is 31.9 Å². The van der Waals surface area contributed by atoms with Gasteiger partial charge in [-0.25, -0.2) is 0 Å². The Bertz CT molecular complexity index is 1350. The third kappa shape index (κ3) is 5.09. The molecular formula is C31H34N2O. The number of allylic oxidation sites excluding steroid dienone is 3. The van der Waals surface area contributed by atoms with Gasteiger partial charge in [0.15, 0.2) is 0 Å². The minimum Gasteiger partial charge on any atom is -0.491 e. The normalized spacial score (nSPS) is 14.9. The number of aryl methyl sites for hydroxylation is 1. The van der Waals surface area contributed by atoms with Gasteiger partial charge in [-0.15, -0.1) is 0 Å². The molecule has 0 atom stereocenters. The highest BCUT2D eigenvalue weighted by molar-refractivity contribution is 5.72. The molecule has 1 aliphatic rings. The first-order valence-electron chi connectivity index (χ1n) is 11.9. The van der Waals surface area contributed by atoms with Crippen molar-refractivity contribution in [3.05, 3.63) is 106 Å². The van der Waals surface area contributed by atoms with Gasteiger partial charge in [-0.3, -0.25) is 0 Å². The minimum atomic E-state index is 0.647. The molecule has 3 aromatic rings. The Labute approximate surface area is 203 Å². The van der Waals surface area contributed by atoms with Crippen LogP contribution >= 0.6 is 0 Å². The summed E-state index contributed by atoms with van der Waals surface area (Å²) in [6, 6.07) is 21.5. The molecule has 34 heavy (non-hydrogen) atoms. The average Bonchev–Trinajstić information content (AvgIpc) is 3.06. The topological polar surface area (TPSA) is 24.5 Å². The highest BCUT2D eigenvalue weighted by Crippen LogP contribution is 2.32. The predicted octanol–water partition coefficient (Wildman–Crippen LogP) is 5.99. The first-order chi connectivity index (χ1) is 16.5. The zero-order chi connectivity index (χ0) is 24.1. The monoisotopic (exact) mass is 450 g/mol. The maximum atomic E-state index is 6.16. The fraction of sp³-hybridized carbons (Fsp3) is 0.226. The quantitative estimate of drug-likeness (QED) is 0.517. The molecule has 1 N–H and O–H groups in total. The molecule has 0 bridgehead atoms. The largest absolute Gasteiger partial charge is 0.491 e. The number of ether oxygens (including phenoxy) is 1. The van der Waals surface area contributed by atoms with Gasteiger partial charge in [-0.1, -0.05) is 61.2 Å². The number of hydrogen-bond acceptors (Lipinski definition) is 3. The van der Waals surface area contributed by atoms with Gasteiger partial charge in [-0.05, 0) is 73.9 Å². The summed E-state index contributed by atoms with van der Waals surface area (Å²) in [7, 11) is 0. The molecule has 0 saturated heterocycles. The number of benzene rings is 3. The maximum Gasteiger partial charge on any atom is 0.124 e. The minimum absolute atomic E-state index is 0.647. The number of hydrogen-bond donors (Lipinski definition) is 1. The average molecular weight is 451 g/mol. The molecule has 3 nitrogen and oxygen atoms in total. The maximum absolute atomic E-state index is 6.16. The van der Waals surface area contributed by atoms with E-state index in [2.05, 4.69) is 110 Å². The van der Waals surface area contributed by atoms with Crippen molar-refractivity contribution in [2.24, 2.45) is 0 Å². The Morgan fingerprint density at radius 2 is 1.79 bits per heavy atom. The third-order valence-electron chi connectivity index (χ3n) is 6.33. The fourth-order valence-electron chi connectivity index (χ4n) is 4.29. The van der Waals surface area contributed by atoms with Crippen LogP contribution in [-0.2, 0) is 6.54 Å². The summed E-state index contributed by atoms with van der Waals surface area (Å²) in [5.74, 6) is 0.962. The second-order valence-electron chi connectivity index (χ2n) is 8.76. The molecule has 0 aromatic heterocycles. The van der Waals surface area contributed by atoms with Crippen LogP contribution in [0.2, 0.25) is 0 Å². The van der Waals surface area contributed by atoms with Gasteiger partial charge < -0.3 is 15.0 Å². The Morgan fingerprint density at radius 3 is 2.56 bits per heavy atom. The Morgan fingerprint density at radius 1 is 1.03 bits per heavy atom. The van der Waals surface area contributed by atoms with Crippen molar-refractivity contribution < 1.29 is 4.74 Å². The van der Waals surface area contributed by atoms with Crippen LogP contribution in [0.15, 0.2) is 84.6 Å². The molecule has 1 aliphatic heterocycles. The van der Waals surface area contributed by atoms with Crippen LogP contribution in [0, 0.1) is 6.92 Å². The zero-order valence-corrected chi connectivity index (χ0v) is 20.7. The molecule has 0 fully saturated rings. The van der Waals surface area contributed by atoms with Crippen molar-refractivity contribution in [3.63, 3.8) is 0 Å². The van der Waals surface area contributed by atoms with Crippen molar-refractivity contribution in [1.29, 1.82) is 0 Å². The number of nitrogens with one attached hydrogen (secondary N) is 1. The molecule has 0 unspecified atom stereocenters. The highest BCUT2D eigenvalue weighted by Gasteiger charge is 2.18. The molecule has 0 amide bonds. The van der Waals surface area contributed by atoms with Crippen molar-refractivity contribution >= 4 is 18.0 Å². The Hall–Kier alpha value is -3.72. The van der Waals surface area contributed by atoms with E-state index in [-0.39, 0.29) is 0 Å². The standard InChI is InChI=1S/C31H34N2O/c1-6-10-30(28-12-9-8-11-22(28)3)33-17-18-34-31-16-15-25(19-27(31)21-33)26-14-13-23(4)29(20-26)32-24(5)7-2/h6-16,19-20,32H,3,17-18,21H2,1-2,4-5H3/b10-6-,24-7-,30-28+. The molecule has 174 valence electrons. The van der Waals surface area contributed by atoms with Gasteiger partial charge in [0, 0.05) is 34.4 Å². The zero-order valence-electron chi connectivity index (χ0n) is 20.7. The molecule has 0 radical (unpaired) electrons. The molecule has 4 rings (SSSR count). The van der Waals surface area contributed by atoms with Crippen LogP contribution < -0.4 is 20.5 Å². The van der Waals surface area contributed by atoms with Crippen LogP contribution in [0.5, 0.6) is 5.75 Å².